The number of aliphatic imine (C=N–C) groups is 1. The van der Waals surface area contributed by atoms with Crippen molar-refractivity contribution in [3.63, 3.8) is 0 Å². The minimum Gasteiger partial charge on any atom is -0.450 e. The van der Waals surface area contributed by atoms with Gasteiger partial charge in [-0.1, -0.05) is 145 Å². The van der Waals surface area contributed by atoms with Crippen molar-refractivity contribution in [2.75, 3.05) is 0 Å². The Balaban J connectivity index is 1.40. The molecule has 428 valence electrons. The molecule has 6 unspecified atom stereocenters. The Morgan fingerprint density at radius 1 is 0.524 bits per heavy atom. The number of hydrogen-bond acceptors (Lipinski definition) is 15. The predicted octanol–water partition coefficient (Wildman–Crippen LogP) is 4.17. The van der Waals surface area contributed by atoms with Gasteiger partial charge in [-0.3, -0.25) is 38.7 Å². The van der Waals surface area contributed by atoms with Gasteiger partial charge in [0.05, 0.1) is 30.2 Å². The van der Waals surface area contributed by atoms with Gasteiger partial charge in [0, 0.05) is 56.5 Å². The van der Waals surface area contributed by atoms with E-state index in [-0.39, 0.29) is 73.4 Å². The molecule has 8 N–H and O–H groups in total. The summed E-state index contributed by atoms with van der Waals surface area (Å²) in [6.45, 7) is 15.4. The normalized spacial score (nSPS) is 15.0. The summed E-state index contributed by atoms with van der Waals surface area (Å²) in [7, 11) is -3.97. The summed E-state index contributed by atoms with van der Waals surface area (Å²) >= 11 is 0. The van der Waals surface area contributed by atoms with Crippen molar-refractivity contribution < 1.29 is 42.5 Å². The first kappa shape index (κ1) is 62.9. The number of rotatable bonds is 29. The van der Waals surface area contributed by atoms with Crippen LogP contribution in [0.5, 0.6) is 0 Å². The van der Waals surface area contributed by atoms with E-state index >= 15 is 0 Å². The second-order valence-electron chi connectivity index (χ2n) is 21.1. The Hall–Kier alpha value is -8.34. The summed E-state index contributed by atoms with van der Waals surface area (Å²) in [5, 5.41) is 17.9. The van der Waals surface area contributed by atoms with Crippen LogP contribution in [0.3, 0.4) is 0 Å². The number of benzene rings is 3. The third kappa shape index (κ3) is 20.0. The van der Waals surface area contributed by atoms with Gasteiger partial charge in [-0.05, 0) is 53.7 Å². The maximum Gasteiger partial charge on any atom is 0.453 e. The fraction of sp³-hybridized carbons (Fsp3) is 0.362. The molecule has 6 amide bonds. The lowest BCUT2D eigenvalue weighted by Crippen LogP contribution is -2.69. The molecule has 3 heterocycles. The van der Waals surface area contributed by atoms with E-state index in [0.29, 0.717) is 0 Å². The fourth-order valence-electron chi connectivity index (χ4n) is 9.17. The highest BCUT2D eigenvalue weighted by atomic mass is 16.7. The standard InChI is InChI=1S/C58H73B3N12O9/c1-8-24-65-47(35-62)56(77)68-44(32-41-18-12-9-13-19-41)53(74)71-50(29-38(2)3)59-80-60(51(30-39(4)5)72-54(75)45(33-42-20-14-10-15-21-42)69-57(78)48-36-63-25-27-66-48)82-61(81-59)52(31-40(6)7)73-55(76)46(34-43-22-16-11-17-23-43)70-58(79)49-37-64-26-28-67-49/h8-28,35-40,44-46,50-52H,1,29-34,62H2,2-7H3,(H,68,77)(H,69,78)(H,70,79)(H,71,74)(H,72,75)(H,73,76)/b47-35-,65-24-. The van der Waals surface area contributed by atoms with Gasteiger partial charge in [-0.25, -0.2) is 15.0 Å². The van der Waals surface area contributed by atoms with E-state index in [1.807, 2.05) is 133 Å². The maximum atomic E-state index is 14.9. The molecule has 0 spiro atoms. The van der Waals surface area contributed by atoms with Crippen molar-refractivity contribution in [3.05, 3.63) is 181 Å². The monoisotopic (exact) mass is 1110 g/mol. The lowest BCUT2D eigenvalue weighted by atomic mass is 9.58. The Bertz CT molecular complexity index is 2780. The maximum absolute atomic E-state index is 14.9. The van der Waals surface area contributed by atoms with Gasteiger partial charge in [-0.15, -0.1) is 0 Å². The lowest BCUT2D eigenvalue weighted by molar-refractivity contribution is -0.127. The first-order chi connectivity index (χ1) is 39.5. The number of nitrogens with two attached hydrogens (primary N) is 1. The molecular weight excluding hydrogens is 1040 g/mol. The molecule has 5 aromatic rings. The van der Waals surface area contributed by atoms with Gasteiger partial charge in [-0.2, -0.15) is 0 Å². The third-order valence-corrected chi connectivity index (χ3v) is 13.0. The molecular formula is C58H73B3N12O9. The fourth-order valence-corrected chi connectivity index (χ4v) is 9.17. The van der Waals surface area contributed by atoms with Crippen LogP contribution in [0.25, 0.3) is 0 Å². The van der Waals surface area contributed by atoms with E-state index in [9.17, 15) is 28.8 Å². The van der Waals surface area contributed by atoms with E-state index in [1.165, 1.54) is 49.5 Å². The summed E-state index contributed by atoms with van der Waals surface area (Å²) in [4.78, 5) is 106. The topological polar surface area (TPSA) is 292 Å². The van der Waals surface area contributed by atoms with E-state index in [2.05, 4.69) is 63.4 Å². The number of nitrogens with one attached hydrogen (secondary N) is 6. The zero-order valence-electron chi connectivity index (χ0n) is 47.2. The number of carbonyl (C=O) groups is 6. The summed E-state index contributed by atoms with van der Waals surface area (Å²) in [5.74, 6) is -6.80. The summed E-state index contributed by atoms with van der Waals surface area (Å²) < 4.78 is 20.6. The van der Waals surface area contributed by atoms with Crippen LogP contribution in [0.4, 0.5) is 0 Å². The van der Waals surface area contributed by atoms with Crippen LogP contribution in [-0.2, 0) is 52.2 Å². The molecule has 0 bridgehead atoms. The zero-order valence-corrected chi connectivity index (χ0v) is 47.2. The molecule has 0 radical (unpaired) electrons. The van der Waals surface area contributed by atoms with Crippen LogP contribution in [0, 0.1) is 17.8 Å². The number of amides is 6. The first-order valence-corrected chi connectivity index (χ1v) is 27.5. The molecule has 0 saturated carbocycles. The van der Waals surface area contributed by atoms with E-state index in [4.69, 9.17) is 19.4 Å². The van der Waals surface area contributed by atoms with Gasteiger partial charge in [0.2, 0.25) is 17.7 Å². The van der Waals surface area contributed by atoms with Crippen molar-refractivity contribution in [2.24, 2.45) is 28.5 Å². The number of hydrogen-bond donors (Lipinski definition) is 7. The lowest BCUT2D eigenvalue weighted by Gasteiger charge is -2.41. The summed E-state index contributed by atoms with van der Waals surface area (Å²) in [6.07, 6.45) is 13.0. The molecule has 1 aliphatic heterocycles. The van der Waals surface area contributed by atoms with Crippen molar-refractivity contribution >= 4 is 63.0 Å². The highest BCUT2D eigenvalue weighted by Gasteiger charge is 2.52. The minimum absolute atomic E-state index is 0.00715. The SMILES string of the molecule is C=C/C=N\C(=C/N)C(=O)NC(Cc1ccccc1)C(=O)NC(CC(C)C)B1OB(C(CC(C)C)NC(=O)C(Cc2ccccc2)NC(=O)c2cnccn2)OB(C(CC(C)C)NC(=O)C(Cc2ccccc2)NC(=O)c2cnccn2)O1. The predicted molar refractivity (Wildman–Crippen MR) is 315 cm³/mol. The van der Waals surface area contributed by atoms with Crippen molar-refractivity contribution in [1.29, 1.82) is 0 Å². The average molecular weight is 1110 g/mol. The molecule has 2 aromatic heterocycles. The molecule has 3 aromatic carbocycles. The quantitative estimate of drug-likeness (QED) is 0.0201. The van der Waals surface area contributed by atoms with Crippen LogP contribution in [0.1, 0.15) is 98.5 Å². The Kier molecular flexibility index (Phi) is 24.7. The van der Waals surface area contributed by atoms with Gasteiger partial charge in [0.15, 0.2) is 0 Å². The molecule has 6 rings (SSSR count). The highest BCUT2D eigenvalue weighted by Crippen LogP contribution is 2.25. The second kappa shape index (κ2) is 32.2. The van der Waals surface area contributed by atoms with Gasteiger partial charge < -0.3 is 51.3 Å². The minimum atomic E-state index is -1.33. The summed E-state index contributed by atoms with van der Waals surface area (Å²) in [5.41, 5.74) is 7.96. The van der Waals surface area contributed by atoms with Crippen molar-refractivity contribution in [1.82, 2.24) is 51.8 Å². The molecule has 21 nitrogen and oxygen atoms in total. The molecule has 1 saturated heterocycles. The molecule has 24 heteroatoms. The van der Waals surface area contributed by atoms with Crippen LogP contribution < -0.4 is 37.6 Å². The van der Waals surface area contributed by atoms with E-state index < -0.39 is 92.7 Å². The number of nitrogens with zero attached hydrogens (tertiary/aromatic N) is 5. The van der Waals surface area contributed by atoms with Crippen LogP contribution in [-0.4, -0.2) is 119 Å². The molecule has 1 aliphatic rings. The highest BCUT2D eigenvalue weighted by molar-refractivity contribution is 6.75. The summed E-state index contributed by atoms with van der Waals surface area (Å²) in [6, 6.07) is 24.1. The van der Waals surface area contributed by atoms with Crippen LogP contribution in [0.2, 0.25) is 0 Å². The van der Waals surface area contributed by atoms with Gasteiger partial charge in [0.1, 0.15) is 35.2 Å². The number of allylic oxidation sites excluding steroid dienone is 1. The zero-order chi connectivity index (χ0) is 59.0. The molecule has 0 aliphatic carbocycles. The Morgan fingerprint density at radius 2 is 0.866 bits per heavy atom. The van der Waals surface area contributed by atoms with Crippen LogP contribution in [0.15, 0.2) is 158 Å². The van der Waals surface area contributed by atoms with E-state index in [1.54, 1.807) is 0 Å². The van der Waals surface area contributed by atoms with Crippen LogP contribution >= 0.6 is 0 Å². The average Bonchev–Trinajstić information content (AvgIpc) is 3.67. The molecule has 6 atom stereocenters. The first-order valence-electron chi connectivity index (χ1n) is 27.5. The Labute approximate surface area is 480 Å². The Morgan fingerprint density at radius 3 is 1.16 bits per heavy atom. The second-order valence-corrected chi connectivity index (χ2v) is 21.1. The van der Waals surface area contributed by atoms with Gasteiger partial charge >= 0.3 is 21.4 Å². The number of carbonyl (C=O) groups excluding carboxylic acids is 6. The van der Waals surface area contributed by atoms with E-state index in [0.717, 1.165) is 22.9 Å². The smallest absolute Gasteiger partial charge is 0.450 e. The largest absolute Gasteiger partial charge is 0.453 e. The molecule has 1 fully saturated rings. The van der Waals surface area contributed by atoms with Crippen molar-refractivity contribution in [3.8, 4) is 0 Å². The van der Waals surface area contributed by atoms with Gasteiger partial charge in [0.25, 0.3) is 17.7 Å². The molecule has 82 heavy (non-hydrogen) atoms. The number of aromatic nitrogens is 4. The third-order valence-electron chi connectivity index (χ3n) is 13.0. The van der Waals surface area contributed by atoms with Crippen molar-refractivity contribution in [2.45, 2.75) is 116 Å².